The minimum atomic E-state index is -0.711. The van der Waals surface area contributed by atoms with Crippen molar-refractivity contribution in [3.05, 3.63) is 35.4 Å². The summed E-state index contributed by atoms with van der Waals surface area (Å²) >= 11 is 0. The molecule has 1 aromatic rings. The van der Waals surface area contributed by atoms with Crippen LogP contribution >= 0.6 is 0 Å². The van der Waals surface area contributed by atoms with Crippen LogP contribution in [0, 0.1) is 17.0 Å². The van der Waals surface area contributed by atoms with Crippen LogP contribution in [-0.4, -0.2) is 30.0 Å². The standard InChI is InChI=1S/C17H25F2NO3/c1-5-17(11-21,10-20-15(22)23-16(2,3)4)9-12-6-13(18)8-14(19)7-12/h6-8,21H,5,9-11H2,1-4H3,(H,20,22). The predicted octanol–water partition coefficient (Wildman–Crippen LogP) is 3.42. The summed E-state index contributed by atoms with van der Waals surface area (Å²) in [7, 11) is 0. The summed E-state index contributed by atoms with van der Waals surface area (Å²) in [5.74, 6) is -1.33. The van der Waals surface area contributed by atoms with Gasteiger partial charge in [-0.15, -0.1) is 0 Å². The molecular weight excluding hydrogens is 304 g/mol. The van der Waals surface area contributed by atoms with Gasteiger partial charge in [0.1, 0.15) is 17.2 Å². The zero-order valence-electron chi connectivity index (χ0n) is 14.1. The Kier molecular flexibility index (Phi) is 6.50. The van der Waals surface area contributed by atoms with Crippen molar-refractivity contribution in [2.75, 3.05) is 13.2 Å². The molecule has 1 rings (SSSR count). The van der Waals surface area contributed by atoms with Gasteiger partial charge in [-0.3, -0.25) is 0 Å². The highest BCUT2D eigenvalue weighted by atomic mass is 19.1. The van der Waals surface area contributed by atoms with Crippen LogP contribution in [0.3, 0.4) is 0 Å². The van der Waals surface area contributed by atoms with Crippen LogP contribution in [-0.2, 0) is 11.2 Å². The van der Waals surface area contributed by atoms with Crippen molar-refractivity contribution < 1.29 is 23.4 Å². The molecule has 0 bridgehead atoms. The first-order chi connectivity index (χ1) is 10.6. The third-order valence-electron chi connectivity index (χ3n) is 3.59. The van der Waals surface area contributed by atoms with Crippen molar-refractivity contribution in [2.24, 2.45) is 5.41 Å². The molecule has 1 amide bonds. The maximum atomic E-state index is 13.3. The van der Waals surface area contributed by atoms with Crippen molar-refractivity contribution in [3.63, 3.8) is 0 Å². The molecule has 4 nitrogen and oxygen atoms in total. The van der Waals surface area contributed by atoms with Gasteiger partial charge in [-0.05, 0) is 51.3 Å². The molecule has 0 radical (unpaired) electrons. The van der Waals surface area contributed by atoms with Gasteiger partial charge in [0.2, 0.25) is 0 Å². The Morgan fingerprint density at radius 3 is 2.22 bits per heavy atom. The number of aliphatic hydroxyl groups excluding tert-OH is 1. The van der Waals surface area contributed by atoms with E-state index >= 15 is 0 Å². The molecular formula is C17H25F2NO3. The Hall–Kier alpha value is -1.69. The van der Waals surface area contributed by atoms with Gasteiger partial charge in [0.15, 0.2) is 0 Å². The van der Waals surface area contributed by atoms with Gasteiger partial charge in [0.05, 0.1) is 6.61 Å². The van der Waals surface area contributed by atoms with Crippen LogP contribution in [0.2, 0.25) is 0 Å². The number of halogens is 2. The molecule has 2 N–H and O–H groups in total. The molecule has 0 aliphatic heterocycles. The number of aliphatic hydroxyl groups is 1. The molecule has 1 atom stereocenters. The van der Waals surface area contributed by atoms with Crippen LogP contribution in [0.5, 0.6) is 0 Å². The minimum absolute atomic E-state index is 0.146. The van der Waals surface area contributed by atoms with E-state index in [1.54, 1.807) is 20.8 Å². The average Bonchev–Trinajstić information content (AvgIpc) is 2.40. The second-order valence-electron chi connectivity index (χ2n) is 6.82. The fourth-order valence-corrected chi connectivity index (χ4v) is 2.26. The van der Waals surface area contributed by atoms with Crippen LogP contribution in [0.15, 0.2) is 18.2 Å². The monoisotopic (exact) mass is 329 g/mol. The Morgan fingerprint density at radius 2 is 1.78 bits per heavy atom. The highest BCUT2D eigenvalue weighted by Crippen LogP contribution is 2.27. The van der Waals surface area contributed by atoms with Gasteiger partial charge >= 0.3 is 6.09 Å². The lowest BCUT2D eigenvalue weighted by molar-refractivity contribution is 0.0461. The summed E-state index contributed by atoms with van der Waals surface area (Å²) < 4.78 is 31.8. The molecule has 0 spiro atoms. The van der Waals surface area contributed by atoms with Crippen molar-refractivity contribution >= 4 is 6.09 Å². The van der Waals surface area contributed by atoms with Crippen molar-refractivity contribution in [1.82, 2.24) is 5.32 Å². The third-order valence-corrected chi connectivity index (χ3v) is 3.59. The maximum Gasteiger partial charge on any atom is 0.407 e. The summed E-state index contributed by atoms with van der Waals surface area (Å²) in [6.07, 6.45) is 0.177. The molecule has 0 saturated heterocycles. The van der Waals surface area contributed by atoms with E-state index in [9.17, 15) is 18.7 Å². The van der Waals surface area contributed by atoms with E-state index < -0.39 is 28.7 Å². The number of nitrogens with one attached hydrogen (secondary N) is 1. The second-order valence-corrected chi connectivity index (χ2v) is 6.82. The fraction of sp³-hybridized carbons (Fsp3) is 0.588. The van der Waals surface area contributed by atoms with Crippen molar-refractivity contribution in [1.29, 1.82) is 0 Å². The van der Waals surface area contributed by atoms with E-state index in [1.807, 2.05) is 6.92 Å². The van der Waals surface area contributed by atoms with E-state index in [1.165, 1.54) is 12.1 Å². The first-order valence-corrected chi connectivity index (χ1v) is 7.62. The first kappa shape index (κ1) is 19.4. The Labute approximate surface area is 135 Å². The Balaban J connectivity index is 2.80. The first-order valence-electron chi connectivity index (χ1n) is 7.62. The van der Waals surface area contributed by atoms with E-state index in [0.717, 1.165) is 6.07 Å². The quantitative estimate of drug-likeness (QED) is 0.841. The van der Waals surface area contributed by atoms with Gasteiger partial charge in [-0.25, -0.2) is 13.6 Å². The summed E-state index contributed by atoms with van der Waals surface area (Å²) in [5, 5.41) is 12.4. The number of carbonyl (C=O) groups is 1. The summed E-state index contributed by atoms with van der Waals surface area (Å²) in [4.78, 5) is 11.8. The van der Waals surface area contributed by atoms with Gasteiger partial charge in [0.25, 0.3) is 0 Å². The second kappa shape index (κ2) is 7.73. The lowest BCUT2D eigenvalue weighted by atomic mass is 9.80. The topological polar surface area (TPSA) is 58.6 Å². The minimum Gasteiger partial charge on any atom is -0.444 e. The molecule has 1 aromatic carbocycles. The van der Waals surface area contributed by atoms with E-state index in [0.29, 0.717) is 12.0 Å². The van der Waals surface area contributed by atoms with E-state index in [2.05, 4.69) is 5.32 Å². The van der Waals surface area contributed by atoms with Crippen LogP contribution in [0.25, 0.3) is 0 Å². The van der Waals surface area contributed by atoms with Crippen LogP contribution in [0.1, 0.15) is 39.7 Å². The maximum absolute atomic E-state index is 13.3. The molecule has 130 valence electrons. The largest absolute Gasteiger partial charge is 0.444 e. The average molecular weight is 329 g/mol. The molecule has 0 aliphatic rings. The highest BCUT2D eigenvalue weighted by molar-refractivity contribution is 5.67. The van der Waals surface area contributed by atoms with E-state index in [4.69, 9.17) is 4.74 Å². The Bertz CT molecular complexity index is 517. The molecule has 0 heterocycles. The lowest BCUT2D eigenvalue weighted by Crippen LogP contribution is -2.43. The number of ether oxygens (including phenoxy) is 1. The molecule has 0 aromatic heterocycles. The predicted molar refractivity (Wildman–Crippen MR) is 84.1 cm³/mol. The number of alkyl carbamates (subject to hydrolysis) is 1. The van der Waals surface area contributed by atoms with Crippen LogP contribution in [0.4, 0.5) is 13.6 Å². The van der Waals surface area contributed by atoms with Crippen molar-refractivity contribution in [3.8, 4) is 0 Å². The van der Waals surface area contributed by atoms with E-state index in [-0.39, 0.29) is 19.6 Å². The molecule has 6 heteroatoms. The molecule has 0 fully saturated rings. The smallest absolute Gasteiger partial charge is 0.407 e. The molecule has 0 saturated carbocycles. The third kappa shape index (κ3) is 6.52. The van der Waals surface area contributed by atoms with Crippen molar-refractivity contribution in [2.45, 2.75) is 46.1 Å². The SMILES string of the molecule is CCC(CO)(CNC(=O)OC(C)(C)C)Cc1cc(F)cc(F)c1. The lowest BCUT2D eigenvalue weighted by Gasteiger charge is -2.31. The fourth-order valence-electron chi connectivity index (χ4n) is 2.26. The number of carbonyl (C=O) groups excluding carboxylic acids is 1. The number of hydrogen-bond donors (Lipinski definition) is 2. The summed E-state index contributed by atoms with van der Waals surface area (Å²) in [5.41, 5.74) is -0.898. The molecule has 1 unspecified atom stereocenters. The zero-order valence-corrected chi connectivity index (χ0v) is 14.1. The van der Waals surface area contributed by atoms with Gasteiger partial charge in [-0.2, -0.15) is 0 Å². The number of amides is 1. The molecule has 0 aliphatic carbocycles. The number of hydrogen-bond acceptors (Lipinski definition) is 3. The zero-order chi connectivity index (χ0) is 17.7. The Morgan fingerprint density at radius 1 is 1.22 bits per heavy atom. The van der Waals surface area contributed by atoms with Gasteiger partial charge in [0, 0.05) is 18.0 Å². The highest BCUT2D eigenvalue weighted by Gasteiger charge is 2.30. The normalized spacial score (nSPS) is 14.2. The van der Waals surface area contributed by atoms with Crippen LogP contribution < -0.4 is 5.32 Å². The molecule has 23 heavy (non-hydrogen) atoms. The summed E-state index contributed by atoms with van der Waals surface area (Å²) in [6, 6.07) is 3.27. The summed E-state index contributed by atoms with van der Waals surface area (Å²) in [6.45, 7) is 7.02. The van der Waals surface area contributed by atoms with Gasteiger partial charge in [-0.1, -0.05) is 6.92 Å². The number of benzene rings is 1. The number of rotatable bonds is 6. The van der Waals surface area contributed by atoms with Gasteiger partial charge < -0.3 is 15.2 Å².